The topological polar surface area (TPSA) is 84.7 Å². The number of ether oxygens (including phenoxy) is 1. The molecule has 3 amide bonds. The monoisotopic (exact) mass is 341 g/mol. The number of carbonyl (C=O) groups excluding carboxylic acids is 2. The number of benzene rings is 1. The molecule has 25 heavy (non-hydrogen) atoms. The molecule has 1 aliphatic carbocycles. The van der Waals surface area contributed by atoms with E-state index in [-0.39, 0.29) is 24.9 Å². The normalized spacial score (nSPS) is 20.5. The third-order valence-electron chi connectivity index (χ3n) is 4.55. The number of rotatable bonds is 5. The second-order valence-corrected chi connectivity index (χ2v) is 6.40. The van der Waals surface area contributed by atoms with Gasteiger partial charge in [0.25, 0.3) is 0 Å². The molecule has 1 atom stereocenters. The number of methoxy groups -OCH3 is 1. The second-order valence-electron chi connectivity index (χ2n) is 6.40. The third-order valence-corrected chi connectivity index (χ3v) is 4.55. The molecule has 7 nitrogen and oxygen atoms in total. The lowest BCUT2D eigenvalue weighted by Gasteiger charge is -2.31. The van der Waals surface area contributed by atoms with Crippen molar-refractivity contribution in [2.75, 3.05) is 7.11 Å². The summed E-state index contributed by atoms with van der Waals surface area (Å²) in [6.45, 7) is 0.111. The molecular weight excluding hydrogens is 322 g/mol. The summed E-state index contributed by atoms with van der Waals surface area (Å²) in [4.78, 5) is 30.2. The Morgan fingerprint density at radius 1 is 1.28 bits per heavy atom. The molecular formula is C18H19N3O4. The highest BCUT2D eigenvalue weighted by Gasteiger charge is 2.34. The van der Waals surface area contributed by atoms with Gasteiger partial charge < -0.3 is 14.5 Å². The van der Waals surface area contributed by atoms with E-state index in [4.69, 9.17) is 9.15 Å². The molecule has 1 aromatic carbocycles. The predicted molar refractivity (Wildman–Crippen MR) is 87.9 cm³/mol. The molecule has 130 valence electrons. The molecule has 4 rings (SSSR count). The van der Waals surface area contributed by atoms with E-state index < -0.39 is 6.03 Å². The van der Waals surface area contributed by atoms with Gasteiger partial charge in [-0.2, -0.15) is 0 Å². The molecule has 2 fully saturated rings. The number of hydrogen-bond donors (Lipinski definition) is 1. The highest BCUT2D eigenvalue weighted by atomic mass is 16.5. The van der Waals surface area contributed by atoms with E-state index in [1.807, 2.05) is 24.3 Å². The molecule has 1 aromatic heterocycles. The van der Waals surface area contributed by atoms with Gasteiger partial charge in [-0.25, -0.2) is 9.78 Å². The summed E-state index contributed by atoms with van der Waals surface area (Å²) >= 11 is 0. The maximum Gasteiger partial charge on any atom is 0.325 e. The summed E-state index contributed by atoms with van der Waals surface area (Å²) < 4.78 is 10.8. The van der Waals surface area contributed by atoms with Gasteiger partial charge >= 0.3 is 6.03 Å². The molecule has 1 N–H and O–H groups in total. The van der Waals surface area contributed by atoms with E-state index >= 15 is 0 Å². The van der Waals surface area contributed by atoms with Crippen molar-refractivity contribution in [3.05, 3.63) is 47.7 Å². The molecule has 2 heterocycles. The van der Waals surface area contributed by atoms with Crippen LogP contribution in [0.1, 0.15) is 48.4 Å². The minimum atomic E-state index is -0.415. The minimum Gasteiger partial charge on any atom is -0.497 e. The maximum absolute atomic E-state index is 12.4. The summed E-state index contributed by atoms with van der Waals surface area (Å²) in [7, 11) is 1.59. The van der Waals surface area contributed by atoms with Gasteiger partial charge in [0.05, 0.1) is 32.3 Å². The van der Waals surface area contributed by atoms with Crippen molar-refractivity contribution in [3.63, 3.8) is 0 Å². The number of carbonyl (C=O) groups is 2. The van der Waals surface area contributed by atoms with Gasteiger partial charge in [-0.3, -0.25) is 9.69 Å². The molecule has 7 heteroatoms. The number of imide groups is 1. The van der Waals surface area contributed by atoms with Crippen molar-refractivity contribution < 1.29 is 18.7 Å². The van der Waals surface area contributed by atoms with Crippen LogP contribution < -0.4 is 10.1 Å². The Morgan fingerprint density at radius 2 is 2.04 bits per heavy atom. The lowest BCUT2D eigenvalue weighted by molar-refractivity contribution is -0.130. The van der Waals surface area contributed by atoms with Crippen LogP contribution in [0, 0.1) is 0 Å². The summed E-state index contributed by atoms with van der Waals surface area (Å²) in [6, 6.07) is 6.58. The average Bonchev–Trinajstić information content (AvgIpc) is 3.37. The average molecular weight is 341 g/mol. The first-order chi connectivity index (χ1) is 12.1. The van der Waals surface area contributed by atoms with Crippen LogP contribution >= 0.6 is 0 Å². The van der Waals surface area contributed by atoms with Crippen LogP contribution in [0.15, 0.2) is 34.9 Å². The number of urea groups is 1. The maximum atomic E-state index is 12.4. The number of nitrogens with one attached hydrogen (secondary N) is 1. The molecule has 2 aliphatic rings. The predicted octanol–water partition coefficient (Wildman–Crippen LogP) is 2.74. The van der Waals surface area contributed by atoms with Crippen molar-refractivity contribution in [1.29, 1.82) is 0 Å². The van der Waals surface area contributed by atoms with Crippen LogP contribution in [-0.2, 0) is 11.3 Å². The Kier molecular flexibility index (Phi) is 3.91. The van der Waals surface area contributed by atoms with Gasteiger partial charge in [-0.15, -0.1) is 0 Å². The van der Waals surface area contributed by atoms with Gasteiger partial charge in [0.2, 0.25) is 5.91 Å². The quantitative estimate of drug-likeness (QED) is 0.904. The van der Waals surface area contributed by atoms with Crippen molar-refractivity contribution in [3.8, 4) is 5.75 Å². The number of nitrogens with zero attached hydrogens (tertiary/aromatic N) is 2. The third kappa shape index (κ3) is 3.22. The molecule has 0 spiro atoms. The first-order valence-corrected chi connectivity index (χ1v) is 8.33. The summed E-state index contributed by atoms with van der Waals surface area (Å²) in [6.07, 6.45) is 3.99. The summed E-state index contributed by atoms with van der Waals surface area (Å²) in [5, 5.41) is 2.88. The highest BCUT2D eigenvalue weighted by Crippen LogP contribution is 2.39. The number of amides is 3. The van der Waals surface area contributed by atoms with E-state index in [2.05, 4.69) is 10.3 Å². The van der Waals surface area contributed by atoms with E-state index in [9.17, 15) is 9.59 Å². The zero-order valence-corrected chi connectivity index (χ0v) is 13.9. The van der Waals surface area contributed by atoms with Gasteiger partial charge in [-0.05, 0) is 30.5 Å². The highest BCUT2D eigenvalue weighted by molar-refractivity contribution is 5.97. The lowest BCUT2D eigenvalue weighted by Crippen LogP contribution is -2.50. The van der Waals surface area contributed by atoms with Gasteiger partial charge in [0, 0.05) is 5.92 Å². The van der Waals surface area contributed by atoms with E-state index in [0.717, 1.165) is 24.2 Å². The SMILES string of the molecule is COc1ccc(C2CC(=O)N(Cc3cnc(C4CC4)o3)C(=O)N2)cc1. The fourth-order valence-electron chi connectivity index (χ4n) is 2.94. The van der Waals surface area contributed by atoms with E-state index in [1.54, 1.807) is 13.3 Å². The van der Waals surface area contributed by atoms with Crippen LogP contribution in [0.25, 0.3) is 0 Å². The van der Waals surface area contributed by atoms with E-state index in [1.165, 1.54) is 4.90 Å². The fourth-order valence-corrected chi connectivity index (χ4v) is 2.94. The Bertz CT molecular complexity index is 777. The molecule has 0 radical (unpaired) electrons. The lowest BCUT2D eigenvalue weighted by atomic mass is 10.0. The van der Waals surface area contributed by atoms with Gasteiger partial charge in [-0.1, -0.05) is 12.1 Å². The van der Waals surface area contributed by atoms with Crippen LogP contribution in [0.5, 0.6) is 5.75 Å². The Hall–Kier alpha value is -2.83. The Balaban J connectivity index is 1.43. The van der Waals surface area contributed by atoms with Crippen molar-refractivity contribution in [1.82, 2.24) is 15.2 Å². The first kappa shape index (κ1) is 15.7. The molecule has 1 saturated carbocycles. The molecule has 0 bridgehead atoms. The summed E-state index contributed by atoms with van der Waals surface area (Å²) in [5.41, 5.74) is 0.873. The molecule has 2 aromatic rings. The van der Waals surface area contributed by atoms with E-state index in [0.29, 0.717) is 17.6 Å². The van der Waals surface area contributed by atoms with Crippen LogP contribution in [0.4, 0.5) is 4.79 Å². The zero-order valence-electron chi connectivity index (χ0n) is 13.9. The number of hydrogen-bond acceptors (Lipinski definition) is 5. The van der Waals surface area contributed by atoms with Gasteiger partial charge in [0.1, 0.15) is 11.5 Å². The number of aromatic nitrogens is 1. The zero-order chi connectivity index (χ0) is 17.4. The largest absolute Gasteiger partial charge is 0.497 e. The molecule has 1 aliphatic heterocycles. The van der Waals surface area contributed by atoms with Crippen molar-refractivity contribution >= 4 is 11.9 Å². The van der Waals surface area contributed by atoms with Crippen LogP contribution in [-0.4, -0.2) is 28.9 Å². The number of oxazole rings is 1. The van der Waals surface area contributed by atoms with Crippen molar-refractivity contribution in [2.24, 2.45) is 0 Å². The standard InChI is InChI=1S/C18H19N3O4/c1-24-13-6-4-11(5-7-13)15-8-16(22)21(18(23)20-15)10-14-9-19-17(25-14)12-2-3-12/h4-7,9,12,15H,2-3,8,10H2,1H3,(H,20,23). The fraction of sp³-hybridized carbons (Fsp3) is 0.389. The van der Waals surface area contributed by atoms with Crippen molar-refractivity contribution in [2.45, 2.75) is 37.8 Å². The first-order valence-electron chi connectivity index (χ1n) is 8.33. The molecule has 1 unspecified atom stereocenters. The molecule has 1 saturated heterocycles. The Morgan fingerprint density at radius 3 is 2.68 bits per heavy atom. The Labute approximate surface area is 145 Å². The second kappa shape index (κ2) is 6.23. The summed E-state index contributed by atoms with van der Waals surface area (Å²) in [5.74, 6) is 2.15. The van der Waals surface area contributed by atoms with Crippen LogP contribution in [0.2, 0.25) is 0 Å². The van der Waals surface area contributed by atoms with Crippen LogP contribution in [0.3, 0.4) is 0 Å². The minimum absolute atomic E-state index is 0.111. The van der Waals surface area contributed by atoms with Gasteiger partial charge in [0.15, 0.2) is 5.89 Å². The smallest absolute Gasteiger partial charge is 0.325 e.